The number of nitriles is 3. The second-order valence-corrected chi connectivity index (χ2v) is 5.22. The predicted molar refractivity (Wildman–Crippen MR) is 79.5 cm³/mol. The molecular formula is C13H6Br2N4O. The Morgan fingerprint density at radius 3 is 2.00 bits per heavy atom. The van der Waals surface area contributed by atoms with Crippen LogP contribution >= 0.6 is 31.9 Å². The van der Waals surface area contributed by atoms with Gasteiger partial charge in [0, 0.05) is 0 Å². The van der Waals surface area contributed by atoms with Gasteiger partial charge in [0.25, 0.3) is 0 Å². The van der Waals surface area contributed by atoms with E-state index < -0.39 is 0 Å². The molecule has 7 heteroatoms. The van der Waals surface area contributed by atoms with Crippen LogP contribution in [-0.4, -0.2) is 5.11 Å². The van der Waals surface area contributed by atoms with E-state index in [1.807, 2.05) is 6.07 Å². The van der Waals surface area contributed by atoms with Gasteiger partial charge in [0.2, 0.25) is 0 Å². The first-order chi connectivity index (χ1) is 9.44. The third-order valence-corrected chi connectivity index (χ3v) is 3.46. The summed E-state index contributed by atoms with van der Waals surface area (Å²) < 4.78 is 0.859. The maximum absolute atomic E-state index is 9.60. The molecule has 0 saturated carbocycles. The van der Waals surface area contributed by atoms with Gasteiger partial charge in [-0.1, -0.05) is 0 Å². The molecule has 0 aliphatic heterocycles. The molecule has 0 amide bonds. The second kappa shape index (κ2) is 6.77. The van der Waals surface area contributed by atoms with Crippen molar-refractivity contribution in [2.75, 3.05) is 0 Å². The number of phenolic OH excluding ortho intramolecular Hbond substituents is 1. The third kappa shape index (κ3) is 3.39. The van der Waals surface area contributed by atoms with E-state index in [-0.39, 0.29) is 22.6 Å². The van der Waals surface area contributed by atoms with Gasteiger partial charge in [0.05, 0.1) is 20.2 Å². The Morgan fingerprint density at radius 1 is 1.10 bits per heavy atom. The molecule has 0 aliphatic carbocycles. The van der Waals surface area contributed by atoms with E-state index in [2.05, 4.69) is 31.9 Å². The number of nitrogens with zero attached hydrogens (tertiary/aromatic N) is 3. The zero-order valence-electron chi connectivity index (χ0n) is 9.85. The average molecular weight is 394 g/mol. The highest BCUT2D eigenvalue weighted by Gasteiger charge is 2.10. The molecular weight excluding hydrogens is 388 g/mol. The molecule has 3 N–H and O–H groups in total. The number of halogens is 2. The molecule has 0 spiro atoms. The monoisotopic (exact) mass is 392 g/mol. The first-order valence-electron chi connectivity index (χ1n) is 5.04. The van der Waals surface area contributed by atoms with Crippen molar-refractivity contribution in [2.24, 2.45) is 5.73 Å². The summed E-state index contributed by atoms with van der Waals surface area (Å²) in [4.78, 5) is 0. The smallest absolute Gasteiger partial charge is 0.153 e. The first kappa shape index (κ1) is 15.8. The Morgan fingerprint density at radius 2 is 1.60 bits per heavy atom. The van der Waals surface area contributed by atoms with Gasteiger partial charge in [0.15, 0.2) is 5.57 Å². The minimum atomic E-state index is -0.324. The lowest BCUT2D eigenvalue weighted by atomic mass is 10.1. The maximum atomic E-state index is 9.60. The minimum absolute atomic E-state index is 0.00686. The molecule has 0 unspecified atom stereocenters. The lowest BCUT2D eigenvalue weighted by molar-refractivity contribution is 0.468. The Bertz CT molecular complexity index is 706. The van der Waals surface area contributed by atoms with Gasteiger partial charge in [0.1, 0.15) is 24.0 Å². The van der Waals surface area contributed by atoms with Gasteiger partial charge in [-0.2, -0.15) is 15.8 Å². The van der Waals surface area contributed by atoms with Gasteiger partial charge in [-0.15, -0.1) is 0 Å². The summed E-state index contributed by atoms with van der Waals surface area (Å²) in [5, 5.41) is 36.1. The van der Waals surface area contributed by atoms with Crippen LogP contribution in [0.2, 0.25) is 0 Å². The van der Waals surface area contributed by atoms with Crippen molar-refractivity contribution in [1.82, 2.24) is 0 Å². The summed E-state index contributed by atoms with van der Waals surface area (Å²) in [6, 6.07) is 8.23. The lowest BCUT2D eigenvalue weighted by Gasteiger charge is -2.04. The molecule has 0 atom stereocenters. The van der Waals surface area contributed by atoms with E-state index in [9.17, 15) is 5.11 Å². The first-order valence-corrected chi connectivity index (χ1v) is 6.63. The van der Waals surface area contributed by atoms with Crippen molar-refractivity contribution in [3.8, 4) is 24.0 Å². The molecule has 0 saturated heterocycles. The van der Waals surface area contributed by atoms with E-state index in [1.54, 1.807) is 24.3 Å². The average Bonchev–Trinajstić information content (AvgIpc) is 2.43. The number of hydrogen-bond donors (Lipinski definition) is 2. The largest absolute Gasteiger partial charge is 0.506 e. The molecule has 98 valence electrons. The van der Waals surface area contributed by atoms with E-state index in [0.717, 1.165) is 0 Å². The summed E-state index contributed by atoms with van der Waals surface area (Å²) >= 11 is 6.32. The van der Waals surface area contributed by atoms with E-state index in [0.29, 0.717) is 14.5 Å². The van der Waals surface area contributed by atoms with Gasteiger partial charge in [-0.05, 0) is 55.6 Å². The fourth-order valence-electron chi connectivity index (χ4n) is 1.29. The number of allylic oxidation sites excluding steroid dienone is 2. The van der Waals surface area contributed by atoms with E-state index >= 15 is 0 Å². The fraction of sp³-hybridized carbons (Fsp3) is 0. The van der Waals surface area contributed by atoms with Crippen LogP contribution in [0, 0.1) is 34.0 Å². The van der Waals surface area contributed by atoms with E-state index in [1.165, 1.54) is 6.08 Å². The highest BCUT2D eigenvalue weighted by Crippen LogP contribution is 2.34. The summed E-state index contributed by atoms with van der Waals surface area (Å²) in [5.41, 5.74) is 5.67. The Kier molecular flexibility index (Phi) is 5.34. The number of phenols is 1. The second-order valence-electron chi connectivity index (χ2n) is 3.52. The highest BCUT2D eigenvalue weighted by molar-refractivity contribution is 9.11. The normalized spacial score (nSPS) is 10.1. The summed E-state index contributed by atoms with van der Waals surface area (Å²) in [6.07, 6.45) is 1.42. The Labute approximate surface area is 132 Å². The number of aromatic hydroxyl groups is 1. The van der Waals surface area contributed by atoms with E-state index in [4.69, 9.17) is 21.5 Å². The quantitative estimate of drug-likeness (QED) is 0.591. The zero-order chi connectivity index (χ0) is 15.3. The van der Waals surface area contributed by atoms with Crippen LogP contribution in [0.15, 0.2) is 37.9 Å². The van der Waals surface area contributed by atoms with Crippen LogP contribution in [0.1, 0.15) is 5.56 Å². The van der Waals surface area contributed by atoms with Gasteiger partial charge >= 0.3 is 0 Å². The zero-order valence-corrected chi connectivity index (χ0v) is 13.0. The third-order valence-electron chi connectivity index (χ3n) is 2.25. The number of rotatable bonds is 2. The molecule has 0 radical (unpaired) electrons. The Hall–Kier alpha value is -2.27. The molecule has 1 aromatic carbocycles. The van der Waals surface area contributed by atoms with Crippen molar-refractivity contribution in [1.29, 1.82) is 15.8 Å². The molecule has 0 fully saturated rings. The Balaban J connectivity index is 3.43. The van der Waals surface area contributed by atoms with Crippen LogP contribution in [0.5, 0.6) is 5.75 Å². The SMILES string of the molecule is N#CC(=Cc1cc(Br)c(O)c(Br)c1)C(N)=C(C#N)C#N. The maximum Gasteiger partial charge on any atom is 0.153 e. The van der Waals surface area contributed by atoms with Crippen molar-refractivity contribution in [2.45, 2.75) is 0 Å². The molecule has 0 bridgehead atoms. The van der Waals surface area contributed by atoms with Crippen LogP contribution in [0.4, 0.5) is 0 Å². The molecule has 1 rings (SSSR count). The molecule has 20 heavy (non-hydrogen) atoms. The van der Waals surface area contributed by atoms with Crippen LogP contribution in [-0.2, 0) is 0 Å². The molecule has 0 heterocycles. The van der Waals surface area contributed by atoms with Gasteiger partial charge in [-0.25, -0.2) is 0 Å². The molecule has 1 aromatic rings. The van der Waals surface area contributed by atoms with Crippen LogP contribution in [0.25, 0.3) is 6.08 Å². The van der Waals surface area contributed by atoms with Crippen molar-refractivity contribution >= 4 is 37.9 Å². The number of hydrogen-bond acceptors (Lipinski definition) is 5. The van der Waals surface area contributed by atoms with Crippen LogP contribution in [0.3, 0.4) is 0 Å². The number of nitrogens with two attached hydrogens (primary N) is 1. The van der Waals surface area contributed by atoms with Gasteiger partial charge < -0.3 is 10.8 Å². The highest BCUT2D eigenvalue weighted by atomic mass is 79.9. The van der Waals surface area contributed by atoms with Crippen molar-refractivity contribution in [3.63, 3.8) is 0 Å². The minimum Gasteiger partial charge on any atom is -0.506 e. The molecule has 5 nitrogen and oxygen atoms in total. The van der Waals surface area contributed by atoms with Crippen molar-refractivity contribution < 1.29 is 5.11 Å². The summed E-state index contributed by atoms with van der Waals surface area (Å²) in [6.45, 7) is 0. The number of benzene rings is 1. The molecule has 0 aliphatic rings. The van der Waals surface area contributed by atoms with Crippen molar-refractivity contribution in [3.05, 3.63) is 43.5 Å². The van der Waals surface area contributed by atoms with Gasteiger partial charge in [-0.3, -0.25) is 0 Å². The van der Waals surface area contributed by atoms with Crippen LogP contribution < -0.4 is 5.73 Å². The standard InChI is InChI=1S/C13H6Br2N4O/c14-10-2-7(3-11(15)13(10)20)1-8(4-16)12(19)9(5-17)6-18/h1-3,20H,19H2. The summed E-state index contributed by atoms with van der Waals surface area (Å²) in [7, 11) is 0. The topological polar surface area (TPSA) is 118 Å². The fourth-order valence-corrected chi connectivity index (χ4v) is 2.51. The molecule has 0 aromatic heterocycles. The predicted octanol–water partition coefficient (Wildman–Crippen LogP) is 3.08. The summed E-state index contributed by atoms with van der Waals surface area (Å²) in [5.74, 6) is 0.0268. The lowest BCUT2D eigenvalue weighted by Crippen LogP contribution is -2.03.